The lowest BCUT2D eigenvalue weighted by molar-refractivity contribution is -0.139. The molecule has 3 rings (SSSR count). The fourth-order valence-corrected chi connectivity index (χ4v) is 3.05. The molecule has 28 heavy (non-hydrogen) atoms. The average molecular weight is 415 g/mol. The summed E-state index contributed by atoms with van der Waals surface area (Å²) < 4.78 is 50.2. The molecule has 2 aromatic carbocycles. The SMILES string of the molecule is O=C(O)CCOc1cc(C(F)(F)F)ccc1C1CC(=O)c2cccc(Cl)c2O1. The van der Waals surface area contributed by atoms with E-state index in [1.165, 1.54) is 12.1 Å². The highest BCUT2D eigenvalue weighted by atomic mass is 35.5. The first kappa shape index (κ1) is 20.0. The van der Waals surface area contributed by atoms with Gasteiger partial charge in [0.05, 0.1) is 35.6 Å². The molecule has 5 nitrogen and oxygen atoms in total. The van der Waals surface area contributed by atoms with Gasteiger partial charge >= 0.3 is 12.1 Å². The lowest BCUT2D eigenvalue weighted by Crippen LogP contribution is -2.22. The molecular weight excluding hydrogens is 401 g/mol. The number of rotatable bonds is 5. The Balaban J connectivity index is 1.97. The van der Waals surface area contributed by atoms with E-state index in [4.69, 9.17) is 26.2 Å². The van der Waals surface area contributed by atoms with Gasteiger partial charge in [-0.15, -0.1) is 0 Å². The minimum Gasteiger partial charge on any atom is -0.493 e. The van der Waals surface area contributed by atoms with Crippen LogP contribution in [0.25, 0.3) is 0 Å². The molecule has 0 aromatic heterocycles. The largest absolute Gasteiger partial charge is 0.493 e. The van der Waals surface area contributed by atoms with Crippen molar-refractivity contribution in [1.82, 2.24) is 0 Å². The number of ether oxygens (including phenoxy) is 2. The zero-order chi connectivity index (χ0) is 20.5. The van der Waals surface area contributed by atoms with Crippen molar-refractivity contribution in [1.29, 1.82) is 0 Å². The van der Waals surface area contributed by atoms with Crippen molar-refractivity contribution < 1.29 is 37.3 Å². The Morgan fingerprint density at radius 3 is 2.71 bits per heavy atom. The van der Waals surface area contributed by atoms with Gasteiger partial charge < -0.3 is 14.6 Å². The van der Waals surface area contributed by atoms with Crippen LogP contribution in [0.5, 0.6) is 11.5 Å². The fraction of sp³-hybridized carbons (Fsp3) is 0.263. The molecule has 1 atom stereocenters. The highest BCUT2D eigenvalue weighted by Crippen LogP contribution is 2.43. The fourth-order valence-electron chi connectivity index (χ4n) is 2.83. The van der Waals surface area contributed by atoms with Crippen LogP contribution in [0.4, 0.5) is 13.2 Å². The van der Waals surface area contributed by atoms with Gasteiger partial charge in [0.2, 0.25) is 0 Å². The number of hydrogen-bond acceptors (Lipinski definition) is 4. The summed E-state index contributed by atoms with van der Waals surface area (Å²) >= 11 is 6.08. The maximum atomic E-state index is 13.1. The van der Waals surface area contributed by atoms with Crippen LogP contribution in [-0.2, 0) is 11.0 Å². The molecule has 1 N–H and O–H groups in total. The normalized spacial score (nSPS) is 16.3. The van der Waals surface area contributed by atoms with E-state index in [1.54, 1.807) is 12.1 Å². The number of carbonyl (C=O) groups is 2. The Hall–Kier alpha value is -2.74. The molecule has 148 valence electrons. The van der Waals surface area contributed by atoms with Gasteiger partial charge in [0, 0.05) is 5.56 Å². The number of hydrogen-bond donors (Lipinski definition) is 1. The molecule has 0 amide bonds. The predicted molar refractivity (Wildman–Crippen MR) is 93.0 cm³/mol. The first-order valence-corrected chi connectivity index (χ1v) is 8.58. The first-order chi connectivity index (χ1) is 13.2. The van der Waals surface area contributed by atoms with Gasteiger partial charge in [-0.3, -0.25) is 9.59 Å². The molecule has 1 unspecified atom stereocenters. The molecule has 0 spiro atoms. The van der Waals surface area contributed by atoms with Crippen molar-refractivity contribution in [2.24, 2.45) is 0 Å². The number of benzene rings is 2. The summed E-state index contributed by atoms with van der Waals surface area (Å²) in [5, 5.41) is 8.93. The Labute approximate surface area is 162 Å². The molecule has 1 heterocycles. The van der Waals surface area contributed by atoms with Gasteiger partial charge in [-0.05, 0) is 24.3 Å². The standard InChI is InChI=1S/C19H14ClF3O5/c20-13-3-1-2-11-14(24)9-16(28-18(11)13)12-5-4-10(19(21,22)23)8-15(12)27-7-6-17(25)26/h1-5,8,16H,6-7,9H2,(H,25,26). The number of alkyl halides is 3. The van der Waals surface area contributed by atoms with Crippen LogP contribution in [-0.4, -0.2) is 23.5 Å². The zero-order valence-corrected chi connectivity index (χ0v) is 15.0. The highest BCUT2D eigenvalue weighted by Gasteiger charge is 2.34. The highest BCUT2D eigenvalue weighted by molar-refractivity contribution is 6.32. The molecular formula is C19H14ClF3O5. The summed E-state index contributed by atoms with van der Waals surface area (Å²) in [5.41, 5.74) is -0.455. The smallest absolute Gasteiger partial charge is 0.416 e. The lowest BCUT2D eigenvalue weighted by atomic mass is 9.95. The maximum absolute atomic E-state index is 13.1. The van der Waals surface area contributed by atoms with E-state index in [-0.39, 0.29) is 40.9 Å². The van der Waals surface area contributed by atoms with Gasteiger partial charge in [-0.25, -0.2) is 0 Å². The molecule has 0 radical (unpaired) electrons. The molecule has 2 aromatic rings. The molecule has 1 aliphatic rings. The van der Waals surface area contributed by atoms with Gasteiger partial charge in [0.1, 0.15) is 17.6 Å². The molecule has 0 saturated heterocycles. The van der Waals surface area contributed by atoms with Crippen molar-refractivity contribution in [3.63, 3.8) is 0 Å². The van der Waals surface area contributed by atoms with Gasteiger partial charge in [0.25, 0.3) is 0 Å². The Morgan fingerprint density at radius 2 is 2.04 bits per heavy atom. The number of halogens is 4. The summed E-state index contributed by atoms with van der Waals surface area (Å²) in [6, 6.07) is 7.48. The molecule has 1 aliphatic heterocycles. The molecule has 0 bridgehead atoms. The Bertz CT molecular complexity index is 926. The summed E-state index contributed by atoms with van der Waals surface area (Å²) in [6.07, 6.45) is -6.03. The van der Waals surface area contributed by atoms with Crippen molar-refractivity contribution in [3.05, 3.63) is 58.1 Å². The number of fused-ring (bicyclic) bond motifs is 1. The lowest BCUT2D eigenvalue weighted by Gasteiger charge is -2.27. The van der Waals surface area contributed by atoms with Gasteiger partial charge in [-0.1, -0.05) is 23.7 Å². The van der Waals surface area contributed by atoms with Crippen LogP contribution in [0.1, 0.15) is 40.4 Å². The second-order valence-corrected chi connectivity index (χ2v) is 6.50. The number of aliphatic carboxylic acids is 1. The average Bonchev–Trinajstić information content (AvgIpc) is 2.61. The predicted octanol–water partition coefficient (Wildman–Crippen LogP) is 4.92. The number of carbonyl (C=O) groups excluding carboxylic acids is 1. The van der Waals surface area contributed by atoms with E-state index in [2.05, 4.69) is 0 Å². The summed E-state index contributed by atoms with van der Waals surface area (Å²) in [6.45, 7) is -0.332. The van der Waals surface area contributed by atoms with E-state index in [1.807, 2.05) is 0 Å². The quantitative estimate of drug-likeness (QED) is 0.752. The number of carboxylic acids is 1. The number of para-hydroxylation sites is 1. The zero-order valence-electron chi connectivity index (χ0n) is 14.3. The number of ketones is 1. The topological polar surface area (TPSA) is 72.8 Å². The summed E-state index contributed by atoms with van der Waals surface area (Å²) in [5.74, 6) is -1.46. The summed E-state index contributed by atoms with van der Waals surface area (Å²) in [4.78, 5) is 23.1. The van der Waals surface area contributed by atoms with Crippen LogP contribution in [0.3, 0.4) is 0 Å². The van der Waals surface area contributed by atoms with Crippen LogP contribution < -0.4 is 9.47 Å². The van der Waals surface area contributed by atoms with E-state index in [9.17, 15) is 22.8 Å². The van der Waals surface area contributed by atoms with E-state index < -0.39 is 30.2 Å². The molecule has 9 heteroatoms. The minimum atomic E-state index is -4.61. The maximum Gasteiger partial charge on any atom is 0.416 e. The second kappa shape index (κ2) is 7.71. The van der Waals surface area contributed by atoms with Crippen LogP contribution in [0.2, 0.25) is 5.02 Å². The number of carboxylic acid groups (broad SMARTS) is 1. The third-order valence-electron chi connectivity index (χ3n) is 4.16. The summed E-state index contributed by atoms with van der Waals surface area (Å²) in [7, 11) is 0. The van der Waals surface area contributed by atoms with E-state index >= 15 is 0 Å². The van der Waals surface area contributed by atoms with Crippen molar-refractivity contribution in [3.8, 4) is 11.5 Å². The van der Waals surface area contributed by atoms with Crippen molar-refractivity contribution >= 4 is 23.4 Å². The third kappa shape index (κ3) is 4.22. The second-order valence-electron chi connectivity index (χ2n) is 6.09. The van der Waals surface area contributed by atoms with Gasteiger partial charge in [-0.2, -0.15) is 13.2 Å². The minimum absolute atomic E-state index is 0.117. The third-order valence-corrected chi connectivity index (χ3v) is 4.46. The first-order valence-electron chi connectivity index (χ1n) is 8.21. The monoisotopic (exact) mass is 414 g/mol. The van der Waals surface area contributed by atoms with Crippen molar-refractivity contribution in [2.75, 3.05) is 6.61 Å². The van der Waals surface area contributed by atoms with Crippen LogP contribution in [0.15, 0.2) is 36.4 Å². The number of Topliss-reactive ketones (excluding diaryl/α,β-unsaturated/α-hetero) is 1. The van der Waals surface area contributed by atoms with E-state index in [0.717, 1.165) is 12.1 Å². The molecule has 0 aliphatic carbocycles. The molecule has 0 fully saturated rings. The van der Waals surface area contributed by atoms with Gasteiger partial charge in [0.15, 0.2) is 5.78 Å². The Kier molecular flexibility index (Phi) is 5.51. The van der Waals surface area contributed by atoms with E-state index in [0.29, 0.717) is 5.56 Å². The van der Waals surface area contributed by atoms with Crippen LogP contribution >= 0.6 is 11.6 Å². The Morgan fingerprint density at radius 1 is 1.29 bits per heavy atom. The van der Waals surface area contributed by atoms with Crippen molar-refractivity contribution in [2.45, 2.75) is 25.1 Å². The molecule has 0 saturated carbocycles. The van der Waals surface area contributed by atoms with Crippen LogP contribution in [0, 0.1) is 0 Å².